The Bertz CT molecular complexity index is 475. The topological polar surface area (TPSA) is 83.6 Å². The highest BCUT2D eigenvalue weighted by Crippen LogP contribution is 2.20. The molecule has 1 aliphatic rings. The van der Waals surface area contributed by atoms with Crippen LogP contribution in [0.4, 0.5) is 0 Å². The van der Waals surface area contributed by atoms with Crippen LogP contribution in [0.5, 0.6) is 0 Å². The van der Waals surface area contributed by atoms with Crippen molar-refractivity contribution in [3.63, 3.8) is 0 Å². The minimum atomic E-state index is -3.05. The Hall–Kier alpha value is -1.11. The number of hydrogen-bond acceptors (Lipinski definition) is 4. The minimum absolute atomic E-state index is 0.0278. The first-order valence-electron chi connectivity index (χ1n) is 6.96. The number of sulfone groups is 1. The second-order valence-corrected chi connectivity index (χ2v) is 7.84. The quantitative estimate of drug-likeness (QED) is 0.759. The Morgan fingerprint density at radius 2 is 1.95 bits per heavy atom. The second kappa shape index (κ2) is 6.56. The lowest BCUT2D eigenvalue weighted by Crippen LogP contribution is -2.64. The molecule has 0 saturated carbocycles. The fourth-order valence-electron chi connectivity index (χ4n) is 2.42. The molecule has 0 radical (unpaired) electrons. The van der Waals surface area contributed by atoms with Crippen molar-refractivity contribution in [2.75, 3.05) is 18.6 Å². The van der Waals surface area contributed by atoms with Crippen LogP contribution in [0, 0.1) is 5.92 Å². The van der Waals surface area contributed by atoms with Crippen LogP contribution < -0.4 is 5.32 Å². The lowest BCUT2D eigenvalue weighted by Gasteiger charge is -2.40. The number of nitrogens with zero attached hydrogens (tertiary/aromatic N) is 1. The molecule has 20 heavy (non-hydrogen) atoms. The fourth-order valence-corrected chi connectivity index (χ4v) is 3.08. The number of amides is 2. The van der Waals surface area contributed by atoms with Crippen LogP contribution in [0.3, 0.4) is 0 Å². The SMILES string of the molecule is CCC(C)C1C(=O)NC(C)C(=O)N1CCCS(C)(=O)=O. The minimum Gasteiger partial charge on any atom is -0.343 e. The van der Waals surface area contributed by atoms with Gasteiger partial charge in [0.25, 0.3) is 0 Å². The summed E-state index contributed by atoms with van der Waals surface area (Å²) in [5.41, 5.74) is 0. The fraction of sp³-hybridized carbons (Fsp3) is 0.846. The van der Waals surface area contributed by atoms with Gasteiger partial charge in [0.2, 0.25) is 11.8 Å². The van der Waals surface area contributed by atoms with E-state index in [0.29, 0.717) is 13.0 Å². The van der Waals surface area contributed by atoms with Crippen LogP contribution in [0.1, 0.15) is 33.6 Å². The molecule has 0 aromatic rings. The zero-order valence-corrected chi connectivity index (χ0v) is 13.4. The van der Waals surface area contributed by atoms with E-state index in [1.54, 1.807) is 11.8 Å². The van der Waals surface area contributed by atoms with Gasteiger partial charge in [0.05, 0.1) is 5.75 Å². The molecule has 1 fully saturated rings. The molecule has 0 aliphatic carbocycles. The molecule has 0 bridgehead atoms. The molecule has 1 heterocycles. The van der Waals surface area contributed by atoms with Crippen LogP contribution in [-0.4, -0.2) is 55.8 Å². The maximum Gasteiger partial charge on any atom is 0.245 e. The molecule has 1 rings (SSSR count). The van der Waals surface area contributed by atoms with Gasteiger partial charge >= 0.3 is 0 Å². The maximum absolute atomic E-state index is 12.2. The molecule has 0 spiro atoms. The highest BCUT2D eigenvalue weighted by molar-refractivity contribution is 7.90. The van der Waals surface area contributed by atoms with E-state index in [-0.39, 0.29) is 23.5 Å². The van der Waals surface area contributed by atoms with Gasteiger partial charge in [0, 0.05) is 12.8 Å². The maximum atomic E-state index is 12.2. The van der Waals surface area contributed by atoms with E-state index in [2.05, 4.69) is 5.32 Å². The normalized spacial score (nSPS) is 25.5. The summed E-state index contributed by atoms with van der Waals surface area (Å²) in [6.45, 7) is 5.85. The van der Waals surface area contributed by atoms with Crippen molar-refractivity contribution in [2.24, 2.45) is 5.92 Å². The number of hydrogen-bond donors (Lipinski definition) is 1. The molecule has 1 saturated heterocycles. The van der Waals surface area contributed by atoms with Crippen LogP contribution in [-0.2, 0) is 19.4 Å². The van der Waals surface area contributed by atoms with Crippen molar-refractivity contribution in [1.29, 1.82) is 0 Å². The van der Waals surface area contributed by atoms with Crippen LogP contribution >= 0.6 is 0 Å². The third-order valence-corrected chi connectivity index (χ3v) is 4.74. The van der Waals surface area contributed by atoms with E-state index in [9.17, 15) is 18.0 Å². The molecule has 0 aromatic carbocycles. The van der Waals surface area contributed by atoms with Crippen LogP contribution in [0.25, 0.3) is 0 Å². The predicted octanol–water partition coefficient (Wildman–Crippen LogP) is 0.183. The smallest absolute Gasteiger partial charge is 0.245 e. The lowest BCUT2D eigenvalue weighted by molar-refractivity contribution is -0.150. The number of nitrogens with one attached hydrogen (secondary N) is 1. The van der Waals surface area contributed by atoms with Crippen molar-refractivity contribution >= 4 is 21.7 Å². The molecule has 0 aromatic heterocycles. The summed E-state index contributed by atoms with van der Waals surface area (Å²) in [7, 11) is -3.05. The van der Waals surface area contributed by atoms with Gasteiger partial charge in [-0.15, -0.1) is 0 Å². The van der Waals surface area contributed by atoms with Gasteiger partial charge < -0.3 is 10.2 Å². The zero-order chi connectivity index (χ0) is 15.5. The Kier molecular flexibility index (Phi) is 5.56. The number of rotatable bonds is 6. The largest absolute Gasteiger partial charge is 0.343 e. The Balaban J connectivity index is 2.83. The molecule has 3 atom stereocenters. The summed E-state index contributed by atoms with van der Waals surface area (Å²) in [5.74, 6) is -0.209. The summed E-state index contributed by atoms with van der Waals surface area (Å²) in [6, 6.07) is -1.04. The summed E-state index contributed by atoms with van der Waals surface area (Å²) >= 11 is 0. The van der Waals surface area contributed by atoms with E-state index >= 15 is 0 Å². The number of piperazine rings is 1. The van der Waals surface area contributed by atoms with Crippen molar-refractivity contribution in [3.8, 4) is 0 Å². The van der Waals surface area contributed by atoms with Crippen LogP contribution in [0.15, 0.2) is 0 Å². The number of carbonyl (C=O) groups is 2. The van der Waals surface area contributed by atoms with Gasteiger partial charge in [-0.1, -0.05) is 20.3 Å². The Labute approximate surface area is 120 Å². The van der Waals surface area contributed by atoms with E-state index in [1.165, 1.54) is 6.26 Å². The average molecular weight is 304 g/mol. The predicted molar refractivity (Wildman–Crippen MR) is 76.9 cm³/mol. The van der Waals surface area contributed by atoms with Crippen molar-refractivity contribution in [3.05, 3.63) is 0 Å². The first kappa shape index (κ1) is 16.9. The Morgan fingerprint density at radius 1 is 1.35 bits per heavy atom. The van der Waals surface area contributed by atoms with Gasteiger partial charge in [-0.2, -0.15) is 0 Å². The molecule has 116 valence electrons. The highest BCUT2D eigenvalue weighted by atomic mass is 32.2. The zero-order valence-electron chi connectivity index (χ0n) is 12.5. The van der Waals surface area contributed by atoms with Gasteiger partial charge in [-0.25, -0.2) is 8.42 Å². The molecular weight excluding hydrogens is 280 g/mol. The monoisotopic (exact) mass is 304 g/mol. The summed E-state index contributed by atoms with van der Waals surface area (Å²) < 4.78 is 22.3. The second-order valence-electron chi connectivity index (χ2n) is 5.58. The molecule has 1 N–H and O–H groups in total. The summed E-state index contributed by atoms with van der Waals surface area (Å²) in [5, 5.41) is 2.68. The standard InChI is InChI=1S/C13H24N2O4S/c1-5-9(2)11-12(16)14-10(3)13(17)15(11)7-6-8-20(4,18)19/h9-11H,5-8H2,1-4H3,(H,14,16). The highest BCUT2D eigenvalue weighted by Gasteiger charge is 2.40. The van der Waals surface area contributed by atoms with E-state index < -0.39 is 21.9 Å². The van der Waals surface area contributed by atoms with Gasteiger partial charge in [-0.3, -0.25) is 9.59 Å². The first-order valence-corrected chi connectivity index (χ1v) is 9.02. The molecule has 2 amide bonds. The van der Waals surface area contributed by atoms with Gasteiger partial charge in [0.1, 0.15) is 21.9 Å². The van der Waals surface area contributed by atoms with E-state index in [1.807, 2.05) is 13.8 Å². The molecule has 3 unspecified atom stereocenters. The number of carbonyl (C=O) groups excluding carboxylic acids is 2. The summed E-state index contributed by atoms with van der Waals surface area (Å²) in [4.78, 5) is 25.9. The third kappa shape index (κ3) is 4.19. The molecule has 1 aliphatic heterocycles. The molecule has 6 nitrogen and oxygen atoms in total. The van der Waals surface area contributed by atoms with Gasteiger partial charge in [0.15, 0.2) is 0 Å². The first-order chi connectivity index (χ1) is 9.17. The lowest BCUT2D eigenvalue weighted by atomic mass is 9.93. The Morgan fingerprint density at radius 3 is 2.45 bits per heavy atom. The van der Waals surface area contributed by atoms with Crippen molar-refractivity contribution < 1.29 is 18.0 Å². The van der Waals surface area contributed by atoms with Crippen molar-refractivity contribution in [2.45, 2.75) is 45.7 Å². The third-order valence-electron chi connectivity index (χ3n) is 3.71. The molecular formula is C13H24N2O4S. The average Bonchev–Trinajstić information content (AvgIpc) is 2.33. The van der Waals surface area contributed by atoms with Gasteiger partial charge in [-0.05, 0) is 19.3 Å². The van der Waals surface area contributed by atoms with Crippen LogP contribution in [0.2, 0.25) is 0 Å². The van der Waals surface area contributed by atoms with Crippen molar-refractivity contribution in [1.82, 2.24) is 10.2 Å². The summed E-state index contributed by atoms with van der Waals surface area (Å²) in [6.07, 6.45) is 2.31. The van der Waals surface area contributed by atoms with E-state index in [0.717, 1.165) is 6.42 Å². The molecule has 7 heteroatoms. The van der Waals surface area contributed by atoms with E-state index in [4.69, 9.17) is 0 Å².